The van der Waals surface area contributed by atoms with Crippen molar-refractivity contribution in [1.29, 1.82) is 0 Å². The Kier molecular flexibility index (Phi) is 6.52. The number of sulfonamides is 1. The molecule has 0 aliphatic carbocycles. The number of benzene rings is 2. The Morgan fingerprint density at radius 3 is 2.52 bits per heavy atom. The summed E-state index contributed by atoms with van der Waals surface area (Å²) >= 11 is 0. The summed E-state index contributed by atoms with van der Waals surface area (Å²) < 4.78 is 51.5. The highest BCUT2D eigenvalue weighted by atomic mass is 32.2. The molecular formula is C22H24FN3O6S. The fraction of sp³-hybridized carbons (Fsp3) is 0.364. The average Bonchev–Trinajstić information content (AvgIpc) is 2.82. The van der Waals surface area contributed by atoms with Crippen molar-refractivity contribution in [2.24, 2.45) is 0 Å². The van der Waals surface area contributed by atoms with Crippen molar-refractivity contribution in [3.05, 3.63) is 48.3 Å². The maximum atomic E-state index is 13.1. The number of halogens is 1. The molecule has 33 heavy (non-hydrogen) atoms. The average molecular weight is 478 g/mol. The second-order valence-corrected chi connectivity index (χ2v) is 9.63. The Morgan fingerprint density at radius 2 is 1.85 bits per heavy atom. The van der Waals surface area contributed by atoms with Crippen LogP contribution in [0.4, 0.5) is 10.1 Å². The van der Waals surface area contributed by atoms with E-state index in [4.69, 9.17) is 9.47 Å². The van der Waals surface area contributed by atoms with Gasteiger partial charge >= 0.3 is 0 Å². The van der Waals surface area contributed by atoms with E-state index in [1.807, 2.05) is 6.92 Å². The number of nitrogens with zero attached hydrogens (tertiary/aromatic N) is 2. The zero-order valence-electron chi connectivity index (χ0n) is 18.0. The van der Waals surface area contributed by atoms with Gasteiger partial charge in [-0.25, -0.2) is 12.8 Å². The van der Waals surface area contributed by atoms with Gasteiger partial charge in [-0.1, -0.05) is 6.92 Å². The van der Waals surface area contributed by atoms with Crippen LogP contribution in [0.1, 0.15) is 13.3 Å². The summed E-state index contributed by atoms with van der Waals surface area (Å²) in [4.78, 5) is 26.0. The Bertz CT molecular complexity index is 1150. The number of carbonyl (C=O) groups excluding carboxylic acids is 2. The number of fused-ring (bicyclic) bond motifs is 1. The lowest BCUT2D eigenvalue weighted by atomic mass is 10.2. The summed E-state index contributed by atoms with van der Waals surface area (Å²) in [5.41, 5.74) is 0.317. The number of piperazine rings is 1. The largest absolute Gasteiger partial charge is 0.484 e. The molecule has 0 bridgehead atoms. The number of hydrogen-bond donors (Lipinski definition) is 1. The highest BCUT2D eigenvalue weighted by Gasteiger charge is 2.32. The van der Waals surface area contributed by atoms with Crippen LogP contribution < -0.4 is 14.8 Å². The summed E-state index contributed by atoms with van der Waals surface area (Å²) in [7, 11) is -3.82. The van der Waals surface area contributed by atoms with E-state index in [2.05, 4.69) is 5.32 Å². The Hall–Kier alpha value is -3.18. The minimum atomic E-state index is -3.82. The van der Waals surface area contributed by atoms with Crippen molar-refractivity contribution in [1.82, 2.24) is 9.21 Å². The zero-order chi connectivity index (χ0) is 23.6. The highest BCUT2D eigenvalue weighted by Crippen LogP contribution is 2.33. The van der Waals surface area contributed by atoms with Gasteiger partial charge in [-0.2, -0.15) is 4.31 Å². The number of amides is 2. The summed E-state index contributed by atoms with van der Waals surface area (Å²) in [5.74, 6) is -0.188. The molecule has 2 aliphatic heterocycles. The molecule has 4 rings (SSSR count). The Balaban J connectivity index is 1.36. The van der Waals surface area contributed by atoms with E-state index in [1.165, 1.54) is 51.7 Å². The van der Waals surface area contributed by atoms with Gasteiger partial charge in [-0.05, 0) is 48.9 Å². The molecule has 1 fully saturated rings. The van der Waals surface area contributed by atoms with E-state index in [9.17, 15) is 22.4 Å². The van der Waals surface area contributed by atoms with Crippen LogP contribution in [0.15, 0.2) is 47.4 Å². The van der Waals surface area contributed by atoms with Crippen molar-refractivity contribution in [3.8, 4) is 11.5 Å². The summed E-state index contributed by atoms with van der Waals surface area (Å²) in [6.07, 6.45) is -0.0962. The van der Waals surface area contributed by atoms with Crippen molar-refractivity contribution in [2.75, 3.05) is 38.1 Å². The molecular weight excluding hydrogens is 453 g/mol. The van der Waals surface area contributed by atoms with Gasteiger partial charge in [0.15, 0.2) is 12.7 Å². The number of hydrogen-bond acceptors (Lipinski definition) is 6. The summed E-state index contributed by atoms with van der Waals surface area (Å²) in [5, 5.41) is 2.69. The molecule has 2 heterocycles. The third kappa shape index (κ3) is 4.93. The molecule has 1 atom stereocenters. The minimum absolute atomic E-state index is 0.0412. The van der Waals surface area contributed by atoms with Gasteiger partial charge in [-0.15, -0.1) is 0 Å². The van der Waals surface area contributed by atoms with Gasteiger partial charge in [0.25, 0.3) is 11.8 Å². The molecule has 2 aliphatic rings. The number of carbonyl (C=O) groups is 2. The predicted octanol–water partition coefficient (Wildman–Crippen LogP) is 1.85. The molecule has 0 radical (unpaired) electrons. The van der Waals surface area contributed by atoms with E-state index < -0.39 is 21.9 Å². The fourth-order valence-corrected chi connectivity index (χ4v) is 5.10. The molecule has 2 amide bonds. The van der Waals surface area contributed by atoms with Gasteiger partial charge in [0.05, 0.1) is 10.6 Å². The lowest BCUT2D eigenvalue weighted by molar-refractivity contribution is -0.134. The number of ether oxygens (including phenoxy) is 2. The van der Waals surface area contributed by atoms with E-state index in [0.29, 0.717) is 23.6 Å². The lowest BCUT2D eigenvalue weighted by Gasteiger charge is -2.34. The van der Waals surface area contributed by atoms with Crippen molar-refractivity contribution in [3.63, 3.8) is 0 Å². The van der Waals surface area contributed by atoms with Crippen LogP contribution in [0.2, 0.25) is 0 Å². The first kappa shape index (κ1) is 23.0. The van der Waals surface area contributed by atoms with Crippen molar-refractivity contribution >= 4 is 27.5 Å². The molecule has 11 heteroatoms. The Morgan fingerprint density at radius 1 is 1.15 bits per heavy atom. The standard InChI is InChI=1S/C22H24FN3O6S/c1-2-19-22(28)24-18-13-17(7-8-20(18)32-19)33(29,30)26-11-9-25(10-12-26)21(27)14-31-16-5-3-15(23)4-6-16/h3-8,13,19H,2,9-12,14H2,1H3,(H,24,28). The summed E-state index contributed by atoms with van der Waals surface area (Å²) in [6, 6.07) is 9.72. The molecule has 9 nitrogen and oxygen atoms in total. The Labute approximate surface area is 191 Å². The lowest BCUT2D eigenvalue weighted by Crippen LogP contribution is -2.51. The van der Waals surface area contributed by atoms with Crippen molar-refractivity contribution in [2.45, 2.75) is 24.3 Å². The van der Waals surface area contributed by atoms with Gasteiger partial charge in [0, 0.05) is 26.2 Å². The maximum Gasteiger partial charge on any atom is 0.265 e. The smallest absolute Gasteiger partial charge is 0.265 e. The molecule has 1 N–H and O–H groups in total. The van der Waals surface area contributed by atoms with Crippen LogP contribution in [0.25, 0.3) is 0 Å². The van der Waals surface area contributed by atoms with Gasteiger partial charge in [-0.3, -0.25) is 9.59 Å². The molecule has 0 saturated carbocycles. The van der Waals surface area contributed by atoms with Crippen LogP contribution in [0, 0.1) is 5.82 Å². The quantitative estimate of drug-likeness (QED) is 0.681. The van der Waals surface area contributed by atoms with E-state index in [0.717, 1.165) is 0 Å². The number of rotatable bonds is 6. The van der Waals surface area contributed by atoms with Crippen LogP contribution in [-0.2, 0) is 19.6 Å². The molecule has 2 aromatic rings. The number of anilines is 1. The van der Waals surface area contributed by atoms with Crippen LogP contribution in [-0.4, -0.2) is 68.3 Å². The highest BCUT2D eigenvalue weighted by molar-refractivity contribution is 7.89. The molecule has 0 aromatic heterocycles. The maximum absolute atomic E-state index is 13.1. The van der Waals surface area contributed by atoms with Crippen LogP contribution in [0.3, 0.4) is 0 Å². The minimum Gasteiger partial charge on any atom is -0.484 e. The van der Waals surface area contributed by atoms with Gasteiger partial charge in [0.2, 0.25) is 10.0 Å². The summed E-state index contributed by atoms with van der Waals surface area (Å²) in [6.45, 7) is 2.29. The van der Waals surface area contributed by atoms with E-state index in [1.54, 1.807) is 0 Å². The van der Waals surface area contributed by atoms with Crippen molar-refractivity contribution < 1.29 is 31.9 Å². The second kappa shape index (κ2) is 9.36. The van der Waals surface area contributed by atoms with E-state index >= 15 is 0 Å². The third-order valence-corrected chi connectivity index (χ3v) is 7.44. The SMILES string of the molecule is CCC1Oc2ccc(S(=O)(=O)N3CCN(C(=O)COc4ccc(F)cc4)CC3)cc2NC1=O. The first-order valence-corrected chi connectivity index (χ1v) is 12.0. The predicted molar refractivity (Wildman–Crippen MR) is 117 cm³/mol. The normalized spacial score (nSPS) is 18.8. The second-order valence-electron chi connectivity index (χ2n) is 7.69. The fourth-order valence-electron chi connectivity index (χ4n) is 3.65. The monoisotopic (exact) mass is 477 g/mol. The topological polar surface area (TPSA) is 105 Å². The van der Waals surface area contributed by atoms with Gasteiger partial charge in [0.1, 0.15) is 17.3 Å². The van der Waals surface area contributed by atoms with Crippen LogP contribution in [0.5, 0.6) is 11.5 Å². The molecule has 1 saturated heterocycles. The number of nitrogens with one attached hydrogen (secondary N) is 1. The molecule has 1 unspecified atom stereocenters. The van der Waals surface area contributed by atoms with E-state index in [-0.39, 0.29) is 49.5 Å². The first-order chi connectivity index (χ1) is 15.8. The zero-order valence-corrected chi connectivity index (χ0v) is 18.8. The van der Waals surface area contributed by atoms with Gasteiger partial charge < -0.3 is 19.7 Å². The molecule has 2 aromatic carbocycles. The third-order valence-electron chi connectivity index (χ3n) is 5.55. The first-order valence-electron chi connectivity index (χ1n) is 10.6. The molecule has 176 valence electrons. The molecule has 0 spiro atoms. The van der Waals surface area contributed by atoms with Crippen LogP contribution >= 0.6 is 0 Å².